The molecule has 2 aromatic rings. The summed E-state index contributed by atoms with van der Waals surface area (Å²) in [4.78, 5) is 23.0. The van der Waals surface area contributed by atoms with Gasteiger partial charge in [0, 0.05) is 5.56 Å². The molecule has 1 unspecified atom stereocenters. The summed E-state index contributed by atoms with van der Waals surface area (Å²) >= 11 is 1.05. The fourth-order valence-corrected chi connectivity index (χ4v) is 4.80. The van der Waals surface area contributed by atoms with Crippen molar-refractivity contribution in [2.24, 2.45) is 0 Å². The van der Waals surface area contributed by atoms with Gasteiger partial charge in [0.2, 0.25) is 5.91 Å². The van der Waals surface area contributed by atoms with E-state index in [4.69, 9.17) is 14.2 Å². The van der Waals surface area contributed by atoms with Crippen molar-refractivity contribution in [2.45, 2.75) is 45.3 Å². The number of hydrogen-bond acceptors (Lipinski definition) is 6. The normalized spacial score (nSPS) is 15.7. The number of benzene rings is 2. The molecule has 1 aliphatic heterocycles. The number of ether oxygens (including phenoxy) is 3. The van der Waals surface area contributed by atoms with Crippen molar-refractivity contribution < 1.29 is 23.8 Å². The second-order valence-corrected chi connectivity index (χ2v) is 8.78. The number of imide groups is 1. The molecule has 0 spiro atoms. The van der Waals surface area contributed by atoms with Gasteiger partial charge < -0.3 is 14.2 Å². The first-order chi connectivity index (χ1) is 14.8. The maximum absolute atomic E-state index is 11.7. The lowest BCUT2D eigenvalue weighted by Gasteiger charge is -2.20. The predicted octanol–water partition coefficient (Wildman–Crippen LogP) is 4.53. The number of nitrogens with one attached hydrogen (secondary N) is 1. The van der Waals surface area contributed by atoms with Crippen LogP contribution in [0.15, 0.2) is 24.3 Å². The largest absolute Gasteiger partial charge is 0.496 e. The minimum Gasteiger partial charge on any atom is -0.496 e. The Labute approximate surface area is 187 Å². The van der Waals surface area contributed by atoms with Crippen LogP contribution in [0.25, 0.3) is 0 Å². The number of rotatable bonds is 9. The van der Waals surface area contributed by atoms with Gasteiger partial charge in [0.15, 0.2) is 0 Å². The van der Waals surface area contributed by atoms with Gasteiger partial charge in [0.25, 0.3) is 5.24 Å². The molecular formula is C24H29NO5S. The zero-order valence-corrected chi connectivity index (χ0v) is 19.5. The average Bonchev–Trinajstić information content (AvgIpc) is 3.07. The van der Waals surface area contributed by atoms with Crippen LogP contribution in [0.3, 0.4) is 0 Å². The smallest absolute Gasteiger partial charge is 0.286 e. The van der Waals surface area contributed by atoms with E-state index in [0.29, 0.717) is 13.0 Å². The average molecular weight is 444 g/mol. The van der Waals surface area contributed by atoms with Gasteiger partial charge >= 0.3 is 0 Å². The van der Waals surface area contributed by atoms with E-state index in [1.807, 2.05) is 24.3 Å². The Balaban J connectivity index is 1.56. The van der Waals surface area contributed by atoms with E-state index in [2.05, 4.69) is 26.1 Å². The molecule has 1 N–H and O–H groups in total. The number of carbonyl (C=O) groups is 2. The number of methoxy groups -OCH3 is 2. The minimum atomic E-state index is -0.354. The quantitative estimate of drug-likeness (QED) is 0.574. The highest BCUT2D eigenvalue weighted by Gasteiger charge is 2.31. The van der Waals surface area contributed by atoms with Crippen LogP contribution in [0.1, 0.15) is 34.2 Å². The molecule has 0 radical (unpaired) electrons. The van der Waals surface area contributed by atoms with Gasteiger partial charge in [-0.05, 0) is 74.4 Å². The Morgan fingerprint density at radius 1 is 0.935 bits per heavy atom. The Hall–Kier alpha value is -2.67. The molecule has 1 saturated heterocycles. The third-order valence-corrected chi connectivity index (χ3v) is 6.65. The van der Waals surface area contributed by atoms with E-state index in [0.717, 1.165) is 69.7 Å². The van der Waals surface area contributed by atoms with Crippen LogP contribution in [0, 0.1) is 20.8 Å². The van der Waals surface area contributed by atoms with Crippen molar-refractivity contribution in [1.29, 1.82) is 0 Å². The van der Waals surface area contributed by atoms with Crippen LogP contribution >= 0.6 is 11.8 Å². The predicted molar refractivity (Wildman–Crippen MR) is 123 cm³/mol. The van der Waals surface area contributed by atoms with E-state index in [1.54, 1.807) is 14.2 Å². The van der Waals surface area contributed by atoms with Crippen molar-refractivity contribution in [3.05, 3.63) is 52.1 Å². The van der Waals surface area contributed by atoms with Gasteiger partial charge in [0.05, 0.1) is 26.1 Å². The topological polar surface area (TPSA) is 73.9 Å². The lowest BCUT2D eigenvalue weighted by atomic mass is 9.94. The molecule has 6 nitrogen and oxygen atoms in total. The monoisotopic (exact) mass is 443 g/mol. The van der Waals surface area contributed by atoms with Gasteiger partial charge in [-0.15, -0.1) is 0 Å². The molecule has 2 aromatic carbocycles. The number of carbonyl (C=O) groups excluding carboxylic acids is 2. The highest BCUT2D eigenvalue weighted by Crippen LogP contribution is 2.38. The van der Waals surface area contributed by atoms with E-state index >= 15 is 0 Å². The lowest BCUT2D eigenvalue weighted by molar-refractivity contribution is -0.118. The van der Waals surface area contributed by atoms with Gasteiger partial charge in [-0.3, -0.25) is 14.9 Å². The first-order valence-electron chi connectivity index (χ1n) is 10.3. The molecule has 0 aliphatic carbocycles. The van der Waals surface area contributed by atoms with Crippen LogP contribution < -0.4 is 19.5 Å². The summed E-state index contributed by atoms with van der Waals surface area (Å²) < 4.78 is 17.2. The zero-order chi connectivity index (χ0) is 22.5. The Morgan fingerprint density at radius 3 is 2.16 bits per heavy atom. The molecule has 166 valence electrons. The standard InChI is InChI=1S/C24H29NO5S/c1-14-15(2)22(29-5)19(16(3)21(14)28-4)7-6-12-30-18-10-8-17(9-11-18)13-20-23(26)25-24(27)31-20/h8-11,20H,6-7,12-13H2,1-5H3,(H,25,26,27). The van der Waals surface area contributed by atoms with E-state index in [1.165, 1.54) is 0 Å². The first kappa shape index (κ1) is 23.0. The molecular weight excluding hydrogens is 414 g/mol. The summed E-state index contributed by atoms with van der Waals surface area (Å²) in [7, 11) is 3.41. The Kier molecular flexibility index (Phi) is 7.49. The molecule has 0 saturated carbocycles. The van der Waals surface area contributed by atoms with Gasteiger partial charge in [-0.25, -0.2) is 0 Å². The van der Waals surface area contributed by atoms with Crippen LogP contribution in [0.2, 0.25) is 0 Å². The SMILES string of the molecule is COc1c(C)c(C)c(OC)c(CCCOc2ccc(CC3SC(=O)NC3=O)cc2)c1C. The summed E-state index contributed by atoms with van der Waals surface area (Å²) in [6.45, 7) is 6.75. The van der Waals surface area contributed by atoms with Crippen molar-refractivity contribution in [2.75, 3.05) is 20.8 Å². The van der Waals surface area contributed by atoms with Crippen LogP contribution in [-0.4, -0.2) is 37.2 Å². The maximum atomic E-state index is 11.7. The van der Waals surface area contributed by atoms with Crippen molar-refractivity contribution in [3.8, 4) is 17.2 Å². The highest BCUT2D eigenvalue weighted by atomic mass is 32.2. The van der Waals surface area contributed by atoms with Crippen LogP contribution in [0.4, 0.5) is 4.79 Å². The third-order valence-electron chi connectivity index (χ3n) is 5.67. The number of amides is 2. The molecule has 1 aliphatic rings. The molecule has 31 heavy (non-hydrogen) atoms. The summed E-state index contributed by atoms with van der Waals surface area (Å²) in [6.07, 6.45) is 2.19. The highest BCUT2D eigenvalue weighted by molar-refractivity contribution is 8.15. The summed E-state index contributed by atoms with van der Waals surface area (Å²) in [5.74, 6) is 2.40. The second kappa shape index (κ2) is 10.1. The van der Waals surface area contributed by atoms with Crippen molar-refractivity contribution in [1.82, 2.24) is 5.32 Å². The van der Waals surface area contributed by atoms with Gasteiger partial charge in [-0.1, -0.05) is 23.9 Å². The maximum Gasteiger partial charge on any atom is 0.286 e. The van der Waals surface area contributed by atoms with E-state index < -0.39 is 0 Å². The Morgan fingerprint density at radius 2 is 1.58 bits per heavy atom. The first-order valence-corrected chi connectivity index (χ1v) is 11.2. The molecule has 3 rings (SSSR count). The molecule has 0 bridgehead atoms. The molecule has 0 aromatic heterocycles. The molecule has 1 atom stereocenters. The fourth-order valence-electron chi connectivity index (χ4n) is 3.94. The summed E-state index contributed by atoms with van der Waals surface area (Å²) in [5.41, 5.74) is 5.47. The fraction of sp³-hybridized carbons (Fsp3) is 0.417. The molecule has 2 amide bonds. The van der Waals surface area contributed by atoms with Crippen LogP contribution in [0.5, 0.6) is 17.2 Å². The summed E-state index contributed by atoms with van der Waals surface area (Å²) in [6, 6.07) is 7.68. The molecule has 7 heteroatoms. The van der Waals surface area contributed by atoms with E-state index in [-0.39, 0.29) is 16.4 Å². The summed E-state index contributed by atoms with van der Waals surface area (Å²) in [5, 5.41) is 1.69. The van der Waals surface area contributed by atoms with Crippen molar-refractivity contribution in [3.63, 3.8) is 0 Å². The molecule has 1 heterocycles. The number of hydrogen-bond donors (Lipinski definition) is 1. The van der Waals surface area contributed by atoms with Gasteiger partial charge in [-0.2, -0.15) is 0 Å². The second-order valence-electron chi connectivity index (χ2n) is 7.60. The molecule has 1 fully saturated rings. The van der Waals surface area contributed by atoms with E-state index in [9.17, 15) is 9.59 Å². The van der Waals surface area contributed by atoms with Crippen LogP contribution in [-0.2, 0) is 17.6 Å². The van der Waals surface area contributed by atoms with Gasteiger partial charge in [0.1, 0.15) is 17.2 Å². The number of thioether (sulfide) groups is 1. The zero-order valence-electron chi connectivity index (χ0n) is 18.7. The minimum absolute atomic E-state index is 0.218. The lowest BCUT2D eigenvalue weighted by Crippen LogP contribution is -2.25. The third kappa shape index (κ3) is 5.15. The van der Waals surface area contributed by atoms with Crippen molar-refractivity contribution >= 4 is 22.9 Å². The Bertz CT molecular complexity index is 971.